The van der Waals surface area contributed by atoms with Crippen molar-refractivity contribution in [3.8, 4) is 5.69 Å². The van der Waals surface area contributed by atoms with Gasteiger partial charge >= 0.3 is 5.97 Å². The van der Waals surface area contributed by atoms with E-state index in [0.717, 1.165) is 21.6 Å². The number of amides is 2. The van der Waals surface area contributed by atoms with Gasteiger partial charge in [-0.05, 0) is 25.1 Å². The minimum absolute atomic E-state index is 0.165. The highest BCUT2D eigenvalue weighted by Gasteiger charge is 2.19. The molecule has 2 aromatic heterocycles. The monoisotopic (exact) mass is 386 g/mol. The molecule has 0 unspecified atom stereocenters. The highest BCUT2D eigenvalue weighted by atomic mass is 32.1. The normalized spacial score (nSPS) is 10.6. The van der Waals surface area contributed by atoms with Gasteiger partial charge in [0.05, 0.1) is 17.9 Å². The lowest BCUT2D eigenvalue weighted by Gasteiger charge is -2.05. The molecule has 0 fully saturated rings. The van der Waals surface area contributed by atoms with Gasteiger partial charge in [0.15, 0.2) is 6.61 Å². The summed E-state index contributed by atoms with van der Waals surface area (Å²) >= 11 is 1.25. The van der Waals surface area contributed by atoms with Crippen molar-refractivity contribution in [2.75, 3.05) is 20.2 Å². The molecule has 3 rings (SSSR count). The second-order valence-electron chi connectivity index (χ2n) is 5.69. The van der Waals surface area contributed by atoms with Crippen molar-refractivity contribution in [3.05, 3.63) is 47.0 Å². The molecule has 0 atom stereocenters. The molecule has 140 valence electrons. The number of hydrogen-bond donors (Lipinski definition) is 2. The van der Waals surface area contributed by atoms with E-state index in [1.165, 1.54) is 18.4 Å². The molecule has 2 heterocycles. The minimum Gasteiger partial charge on any atom is -0.451 e. The van der Waals surface area contributed by atoms with Gasteiger partial charge in [-0.25, -0.2) is 9.48 Å². The van der Waals surface area contributed by atoms with E-state index in [2.05, 4.69) is 15.7 Å². The molecule has 3 aromatic rings. The molecule has 0 aliphatic heterocycles. The molecule has 9 heteroatoms. The predicted octanol–water partition coefficient (Wildman–Crippen LogP) is 1.41. The van der Waals surface area contributed by atoms with Crippen LogP contribution in [0.3, 0.4) is 0 Å². The van der Waals surface area contributed by atoms with Gasteiger partial charge in [-0.15, -0.1) is 11.3 Å². The Labute approximate surface area is 159 Å². The summed E-state index contributed by atoms with van der Waals surface area (Å²) in [6.45, 7) is 1.26. The van der Waals surface area contributed by atoms with Crippen molar-refractivity contribution in [3.63, 3.8) is 0 Å². The van der Waals surface area contributed by atoms with Crippen LogP contribution in [-0.4, -0.2) is 47.8 Å². The maximum atomic E-state index is 12.3. The molecule has 1 aromatic carbocycles. The maximum absolute atomic E-state index is 12.3. The Bertz CT molecular complexity index is 994. The molecule has 2 N–H and O–H groups in total. The first kappa shape index (κ1) is 18.6. The fourth-order valence-electron chi connectivity index (χ4n) is 2.41. The van der Waals surface area contributed by atoms with Crippen molar-refractivity contribution in [1.29, 1.82) is 0 Å². The van der Waals surface area contributed by atoms with Crippen LogP contribution in [0.1, 0.15) is 15.4 Å². The van der Waals surface area contributed by atoms with Crippen LogP contribution in [0.2, 0.25) is 0 Å². The van der Waals surface area contributed by atoms with Gasteiger partial charge in [0.2, 0.25) is 5.91 Å². The predicted molar refractivity (Wildman–Crippen MR) is 101 cm³/mol. The molecule has 2 amide bonds. The number of esters is 1. The van der Waals surface area contributed by atoms with Gasteiger partial charge in [-0.3, -0.25) is 9.59 Å². The average Bonchev–Trinajstić information content (AvgIpc) is 3.25. The molecule has 0 bridgehead atoms. The Kier molecular flexibility index (Phi) is 5.51. The Morgan fingerprint density at radius 3 is 2.63 bits per heavy atom. The van der Waals surface area contributed by atoms with E-state index in [0.29, 0.717) is 4.88 Å². The number of benzene rings is 1. The van der Waals surface area contributed by atoms with E-state index in [-0.39, 0.29) is 12.5 Å². The Morgan fingerprint density at radius 2 is 1.93 bits per heavy atom. The third kappa shape index (κ3) is 4.14. The number of fused-ring (bicyclic) bond motifs is 1. The number of carbonyl (C=O) groups is 3. The van der Waals surface area contributed by atoms with Gasteiger partial charge in [0.25, 0.3) is 5.91 Å². The number of rotatable bonds is 6. The van der Waals surface area contributed by atoms with E-state index in [1.54, 1.807) is 10.7 Å². The lowest BCUT2D eigenvalue weighted by molar-refractivity contribution is -0.127. The van der Waals surface area contributed by atoms with Crippen molar-refractivity contribution in [2.45, 2.75) is 6.92 Å². The van der Waals surface area contributed by atoms with E-state index >= 15 is 0 Å². The van der Waals surface area contributed by atoms with Crippen LogP contribution in [0.15, 0.2) is 36.4 Å². The summed E-state index contributed by atoms with van der Waals surface area (Å²) in [5, 5.41) is 10.1. The van der Waals surface area contributed by atoms with Crippen LogP contribution in [0.4, 0.5) is 0 Å². The summed E-state index contributed by atoms with van der Waals surface area (Å²) in [5.74, 6) is -1.47. The summed E-state index contributed by atoms with van der Waals surface area (Å²) in [6, 6.07) is 11.3. The molecule has 0 aliphatic carbocycles. The number of thiophene rings is 1. The summed E-state index contributed by atoms with van der Waals surface area (Å²) in [6.07, 6.45) is 0. The first-order chi connectivity index (χ1) is 13.0. The van der Waals surface area contributed by atoms with Crippen LogP contribution in [0, 0.1) is 6.92 Å². The van der Waals surface area contributed by atoms with Gasteiger partial charge in [0, 0.05) is 12.4 Å². The van der Waals surface area contributed by atoms with Crippen molar-refractivity contribution in [1.82, 2.24) is 20.4 Å². The molecule has 0 aliphatic rings. The van der Waals surface area contributed by atoms with Crippen LogP contribution >= 0.6 is 11.3 Å². The standard InChI is InChI=1S/C18H18N4O4S/c1-11-13-8-14(18(25)26-10-16(24)20-9-15(23)19-2)27-17(13)22(21-11)12-6-4-3-5-7-12/h3-8H,9-10H2,1-2H3,(H,19,23)(H,20,24). The first-order valence-corrected chi connectivity index (χ1v) is 9.00. The third-order valence-corrected chi connectivity index (χ3v) is 4.90. The third-order valence-electron chi connectivity index (χ3n) is 3.81. The van der Waals surface area contributed by atoms with Crippen LogP contribution in [0.25, 0.3) is 15.9 Å². The van der Waals surface area contributed by atoms with Gasteiger partial charge < -0.3 is 15.4 Å². The topological polar surface area (TPSA) is 102 Å². The average molecular weight is 386 g/mol. The maximum Gasteiger partial charge on any atom is 0.348 e. The number of nitrogens with zero attached hydrogens (tertiary/aromatic N) is 2. The SMILES string of the molecule is CNC(=O)CNC(=O)COC(=O)c1cc2c(C)nn(-c3ccccc3)c2s1. The molecule has 0 saturated heterocycles. The largest absolute Gasteiger partial charge is 0.451 e. The van der Waals surface area contributed by atoms with Crippen LogP contribution < -0.4 is 10.6 Å². The van der Waals surface area contributed by atoms with Crippen molar-refractivity contribution >= 4 is 39.3 Å². The number of nitrogens with one attached hydrogen (secondary N) is 2. The second-order valence-corrected chi connectivity index (χ2v) is 6.72. The number of likely N-dealkylation sites (N-methyl/N-ethyl adjacent to an activating group) is 1. The number of ether oxygens (including phenoxy) is 1. The Hall–Kier alpha value is -3.20. The zero-order valence-corrected chi connectivity index (χ0v) is 15.6. The van der Waals surface area contributed by atoms with Gasteiger partial charge in [-0.1, -0.05) is 18.2 Å². The lowest BCUT2D eigenvalue weighted by Crippen LogP contribution is -2.37. The molecule has 0 radical (unpaired) electrons. The smallest absolute Gasteiger partial charge is 0.348 e. The molecule has 27 heavy (non-hydrogen) atoms. The number of aryl methyl sites for hydroxylation is 1. The molecule has 0 saturated carbocycles. The van der Waals surface area contributed by atoms with Crippen LogP contribution in [0.5, 0.6) is 0 Å². The first-order valence-electron chi connectivity index (χ1n) is 8.18. The van der Waals surface area contributed by atoms with E-state index in [9.17, 15) is 14.4 Å². The summed E-state index contributed by atoms with van der Waals surface area (Å²) in [4.78, 5) is 36.2. The van der Waals surface area contributed by atoms with E-state index < -0.39 is 18.5 Å². The summed E-state index contributed by atoms with van der Waals surface area (Å²) in [7, 11) is 1.47. The number of aromatic nitrogens is 2. The second kappa shape index (κ2) is 8.00. The Morgan fingerprint density at radius 1 is 1.19 bits per heavy atom. The fourth-order valence-corrected chi connectivity index (χ4v) is 3.49. The number of para-hydroxylation sites is 1. The lowest BCUT2D eigenvalue weighted by atomic mass is 10.3. The minimum atomic E-state index is -0.592. The quantitative estimate of drug-likeness (QED) is 0.624. The zero-order chi connectivity index (χ0) is 19.4. The number of carbonyl (C=O) groups excluding carboxylic acids is 3. The summed E-state index contributed by atoms with van der Waals surface area (Å²) in [5.41, 5.74) is 1.69. The molecular formula is C18H18N4O4S. The summed E-state index contributed by atoms with van der Waals surface area (Å²) < 4.78 is 6.82. The van der Waals surface area contributed by atoms with Crippen molar-refractivity contribution in [2.24, 2.45) is 0 Å². The fraction of sp³-hybridized carbons (Fsp3) is 0.222. The van der Waals surface area contributed by atoms with Crippen molar-refractivity contribution < 1.29 is 19.1 Å². The van der Waals surface area contributed by atoms with E-state index in [4.69, 9.17) is 4.74 Å². The highest BCUT2D eigenvalue weighted by molar-refractivity contribution is 7.20. The number of hydrogen-bond acceptors (Lipinski definition) is 6. The van der Waals surface area contributed by atoms with Gasteiger partial charge in [0.1, 0.15) is 9.71 Å². The van der Waals surface area contributed by atoms with Gasteiger partial charge in [-0.2, -0.15) is 5.10 Å². The van der Waals surface area contributed by atoms with E-state index in [1.807, 2.05) is 37.3 Å². The molecule has 8 nitrogen and oxygen atoms in total. The molecular weight excluding hydrogens is 368 g/mol. The van der Waals surface area contributed by atoms with Crippen LogP contribution in [-0.2, 0) is 14.3 Å². The highest BCUT2D eigenvalue weighted by Crippen LogP contribution is 2.30. The molecule has 0 spiro atoms. The Balaban J connectivity index is 1.71. The zero-order valence-electron chi connectivity index (χ0n) is 14.8.